The lowest BCUT2D eigenvalue weighted by atomic mass is 10.1. The van der Waals surface area contributed by atoms with Crippen LogP contribution in [0, 0.1) is 0 Å². The Morgan fingerprint density at radius 1 is 1.16 bits per heavy atom. The quantitative estimate of drug-likeness (QED) is 0.610. The van der Waals surface area contributed by atoms with Crippen LogP contribution in [0.2, 0.25) is 0 Å². The number of nitrogens with one attached hydrogen (secondary N) is 1. The van der Waals surface area contributed by atoms with Gasteiger partial charge in [-0.25, -0.2) is 4.98 Å². The highest BCUT2D eigenvalue weighted by atomic mass is 16.5. The normalized spacial score (nSPS) is 13.5. The Balaban J connectivity index is 1.47. The second kappa shape index (κ2) is 9.47. The molecule has 1 aliphatic rings. The van der Waals surface area contributed by atoms with Gasteiger partial charge in [0.15, 0.2) is 0 Å². The Kier molecular flexibility index (Phi) is 6.31. The van der Waals surface area contributed by atoms with Crippen LogP contribution in [0.15, 0.2) is 67.3 Å². The summed E-state index contributed by atoms with van der Waals surface area (Å²) >= 11 is 0. The number of imidazole rings is 1. The molecule has 1 atom stereocenters. The van der Waals surface area contributed by atoms with E-state index in [4.69, 9.17) is 4.74 Å². The number of anilines is 1. The first-order valence-electron chi connectivity index (χ1n) is 10.5. The maximum atomic E-state index is 13.4. The van der Waals surface area contributed by atoms with Crippen molar-refractivity contribution in [3.8, 4) is 5.75 Å². The first-order valence-corrected chi connectivity index (χ1v) is 10.5. The zero-order valence-corrected chi connectivity index (χ0v) is 17.5. The van der Waals surface area contributed by atoms with Crippen LogP contribution in [-0.2, 0) is 22.6 Å². The molecule has 2 amide bonds. The van der Waals surface area contributed by atoms with Crippen molar-refractivity contribution in [2.45, 2.75) is 32.4 Å². The summed E-state index contributed by atoms with van der Waals surface area (Å²) in [4.78, 5) is 32.1. The summed E-state index contributed by atoms with van der Waals surface area (Å²) in [5.41, 5.74) is 2.97. The minimum absolute atomic E-state index is 0.0324. The van der Waals surface area contributed by atoms with Gasteiger partial charge in [-0.2, -0.15) is 0 Å². The van der Waals surface area contributed by atoms with Gasteiger partial charge in [-0.3, -0.25) is 9.59 Å². The Morgan fingerprint density at radius 3 is 2.77 bits per heavy atom. The zero-order valence-electron chi connectivity index (χ0n) is 17.5. The van der Waals surface area contributed by atoms with E-state index >= 15 is 0 Å². The third kappa shape index (κ3) is 4.60. The molecule has 160 valence electrons. The largest absolute Gasteiger partial charge is 0.494 e. The molecule has 3 aromatic rings. The van der Waals surface area contributed by atoms with Gasteiger partial charge < -0.3 is 19.5 Å². The van der Waals surface area contributed by atoms with Crippen LogP contribution in [0.4, 0.5) is 5.69 Å². The average Bonchev–Trinajstić information content (AvgIpc) is 3.47. The minimum Gasteiger partial charge on any atom is -0.494 e. The van der Waals surface area contributed by atoms with E-state index in [0.717, 1.165) is 29.0 Å². The highest BCUT2D eigenvalue weighted by Crippen LogP contribution is 2.30. The number of carbonyl (C=O) groups is 2. The van der Waals surface area contributed by atoms with Gasteiger partial charge in [0, 0.05) is 36.7 Å². The lowest BCUT2D eigenvalue weighted by Gasteiger charge is -2.24. The van der Waals surface area contributed by atoms with E-state index in [1.54, 1.807) is 28.2 Å². The maximum absolute atomic E-state index is 13.4. The van der Waals surface area contributed by atoms with Crippen LogP contribution >= 0.6 is 0 Å². The van der Waals surface area contributed by atoms with E-state index in [1.807, 2.05) is 55.5 Å². The average molecular weight is 418 g/mol. The summed E-state index contributed by atoms with van der Waals surface area (Å²) < 4.78 is 7.33. The molecular weight excluding hydrogens is 392 g/mol. The Labute approximate surface area is 181 Å². The van der Waals surface area contributed by atoms with Crippen molar-refractivity contribution < 1.29 is 14.3 Å². The number of ether oxygens (including phenoxy) is 1. The molecule has 7 nitrogen and oxygen atoms in total. The summed E-state index contributed by atoms with van der Waals surface area (Å²) in [5, 5.41) is 2.93. The molecule has 31 heavy (non-hydrogen) atoms. The number of benzene rings is 2. The van der Waals surface area contributed by atoms with Crippen LogP contribution in [-0.4, -0.2) is 34.5 Å². The summed E-state index contributed by atoms with van der Waals surface area (Å²) in [6.45, 7) is 3.44. The van der Waals surface area contributed by atoms with Gasteiger partial charge in [0.05, 0.1) is 19.4 Å². The van der Waals surface area contributed by atoms with E-state index in [-0.39, 0.29) is 18.2 Å². The van der Waals surface area contributed by atoms with Crippen molar-refractivity contribution in [1.82, 2.24) is 14.9 Å². The van der Waals surface area contributed by atoms with Crippen molar-refractivity contribution in [3.63, 3.8) is 0 Å². The molecule has 0 bridgehead atoms. The molecular formula is C24H26N4O3. The van der Waals surface area contributed by atoms with Gasteiger partial charge in [-0.05, 0) is 31.0 Å². The molecule has 0 aliphatic carbocycles. The molecule has 1 aromatic heterocycles. The molecule has 1 N–H and O–H groups in total. The van der Waals surface area contributed by atoms with Crippen LogP contribution in [0.25, 0.3) is 0 Å². The molecule has 0 unspecified atom stereocenters. The highest BCUT2D eigenvalue weighted by Gasteiger charge is 2.32. The van der Waals surface area contributed by atoms with Crippen molar-refractivity contribution in [3.05, 3.63) is 78.4 Å². The smallest absolute Gasteiger partial charge is 0.250 e. The van der Waals surface area contributed by atoms with E-state index < -0.39 is 6.04 Å². The predicted octanol–water partition coefficient (Wildman–Crippen LogP) is 3.12. The van der Waals surface area contributed by atoms with E-state index in [0.29, 0.717) is 19.7 Å². The Hall–Kier alpha value is -3.61. The summed E-state index contributed by atoms with van der Waals surface area (Å²) in [6, 6.07) is 14.9. The van der Waals surface area contributed by atoms with Gasteiger partial charge in [-0.15, -0.1) is 0 Å². The lowest BCUT2D eigenvalue weighted by Crippen LogP contribution is -2.38. The number of amides is 2. The Morgan fingerprint density at radius 2 is 1.97 bits per heavy atom. The van der Waals surface area contributed by atoms with E-state index in [1.165, 1.54) is 0 Å². The topological polar surface area (TPSA) is 76.5 Å². The summed E-state index contributed by atoms with van der Waals surface area (Å²) in [7, 11) is 0. The fourth-order valence-corrected chi connectivity index (χ4v) is 3.91. The standard InChI is InChI=1S/C24H26N4O3/c1-2-31-22-10-6-4-8-19(22)16-26-23(29)15-21(27-14-12-25-17-27)24(30)28-13-11-18-7-3-5-9-20(18)28/h3-10,12,14,17,21H,2,11,13,15-16H2,1H3,(H,26,29)/t21-/m1/s1. The molecule has 4 rings (SSSR count). The molecule has 2 heterocycles. The van der Waals surface area contributed by atoms with Gasteiger partial charge in [0.25, 0.3) is 5.91 Å². The van der Waals surface area contributed by atoms with E-state index in [2.05, 4.69) is 10.3 Å². The minimum atomic E-state index is -0.657. The van der Waals surface area contributed by atoms with Gasteiger partial charge >= 0.3 is 0 Å². The molecule has 0 radical (unpaired) electrons. The Bertz CT molecular complexity index is 1050. The fourth-order valence-electron chi connectivity index (χ4n) is 3.91. The van der Waals surface area contributed by atoms with Gasteiger partial charge in [0.2, 0.25) is 5.91 Å². The molecule has 0 saturated heterocycles. The molecule has 0 spiro atoms. The first-order chi connectivity index (χ1) is 15.2. The highest BCUT2D eigenvalue weighted by molar-refractivity contribution is 6.00. The van der Waals surface area contributed by atoms with Gasteiger partial charge in [-0.1, -0.05) is 36.4 Å². The zero-order chi connectivity index (χ0) is 21.6. The predicted molar refractivity (Wildman–Crippen MR) is 118 cm³/mol. The number of nitrogens with zero attached hydrogens (tertiary/aromatic N) is 3. The van der Waals surface area contributed by atoms with Gasteiger partial charge in [0.1, 0.15) is 11.8 Å². The number of hydrogen-bond donors (Lipinski definition) is 1. The monoisotopic (exact) mass is 418 g/mol. The summed E-state index contributed by atoms with van der Waals surface area (Å²) in [6.07, 6.45) is 5.78. The van der Waals surface area contributed by atoms with Crippen molar-refractivity contribution >= 4 is 17.5 Å². The second-order valence-corrected chi connectivity index (χ2v) is 7.42. The number of rotatable bonds is 8. The maximum Gasteiger partial charge on any atom is 0.250 e. The molecule has 0 saturated carbocycles. The molecule has 7 heteroatoms. The molecule has 2 aromatic carbocycles. The van der Waals surface area contributed by atoms with Crippen LogP contribution in [0.1, 0.15) is 30.5 Å². The van der Waals surface area contributed by atoms with Crippen molar-refractivity contribution in [2.75, 3.05) is 18.1 Å². The number of carbonyl (C=O) groups excluding carboxylic acids is 2. The lowest BCUT2D eigenvalue weighted by molar-refractivity contribution is -0.128. The number of fused-ring (bicyclic) bond motifs is 1. The second-order valence-electron chi connectivity index (χ2n) is 7.42. The third-order valence-electron chi connectivity index (χ3n) is 5.45. The third-order valence-corrected chi connectivity index (χ3v) is 5.45. The van der Waals surface area contributed by atoms with Crippen LogP contribution in [0.5, 0.6) is 5.75 Å². The van der Waals surface area contributed by atoms with E-state index in [9.17, 15) is 9.59 Å². The number of aromatic nitrogens is 2. The SMILES string of the molecule is CCOc1ccccc1CNC(=O)C[C@H](C(=O)N1CCc2ccccc21)n1ccnc1. The molecule has 0 fully saturated rings. The van der Waals surface area contributed by atoms with Crippen LogP contribution in [0.3, 0.4) is 0 Å². The summed E-state index contributed by atoms with van der Waals surface area (Å²) in [5.74, 6) is 0.444. The van der Waals surface area contributed by atoms with Crippen molar-refractivity contribution in [1.29, 1.82) is 0 Å². The number of hydrogen-bond acceptors (Lipinski definition) is 4. The first kappa shape index (κ1) is 20.7. The number of para-hydroxylation sites is 2. The van der Waals surface area contributed by atoms with Crippen LogP contribution < -0.4 is 15.0 Å². The fraction of sp³-hybridized carbons (Fsp3) is 0.292. The molecule has 1 aliphatic heterocycles. The van der Waals surface area contributed by atoms with Crippen molar-refractivity contribution in [2.24, 2.45) is 0 Å².